The fraction of sp³-hybridized carbons (Fsp3) is 1.00. The minimum absolute atomic E-state index is 0.116. The Hall–Kier alpha value is -0.240. The SMILES string of the molecule is CO[C@H]1O[C@@H](CN)[C@@H](O)[C@H](O)[C@@H]1N. The van der Waals surface area contributed by atoms with Gasteiger partial charge in [0.25, 0.3) is 0 Å². The number of nitrogens with two attached hydrogens (primary N) is 2. The van der Waals surface area contributed by atoms with Gasteiger partial charge in [-0.2, -0.15) is 0 Å². The number of ether oxygens (including phenoxy) is 2. The zero-order valence-electron chi connectivity index (χ0n) is 7.46. The third kappa shape index (κ3) is 1.98. The topological polar surface area (TPSA) is 111 Å². The van der Waals surface area contributed by atoms with Crippen molar-refractivity contribution in [2.45, 2.75) is 30.6 Å². The van der Waals surface area contributed by atoms with Crippen LogP contribution in [-0.2, 0) is 9.47 Å². The van der Waals surface area contributed by atoms with E-state index >= 15 is 0 Å². The summed E-state index contributed by atoms with van der Waals surface area (Å²) in [6, 6.07) is -0.747. The van der Waals surface area contributed by atoms with E-state index in [1.165, 1.54) is 7.11 Å². The van der Waals surface area contributed by atoms with Crippen molar-refractivity contribution < 1.29 is 19.7 Å². The highest BCUT2D eigenvalue weighted by atomic mass is 16.7. The van der Waals surface area contributed by atoms with E-state index < -0.39 is 30.6 Å². The van der Waals surface area contributed by atoms with Gasteiger partial charge >= 0.3 is 0 Å². The van der Waals surface area contributed by atoms with E-state index in [1.807, 2.05) is 0 Å². The van der Waals surface area contributed by atoms with Gasteiger partial charge < -0.3 is 31.2 Å². The second kappa shape index (κ2) is 4.32. The largest absolute Gasteiger partial charge is 0.388 e. The lowest BCUT2D eigenvalue weighted by Crippen LogP contribution is -2.62. The summed E-state index contributed by atoms with van der Waals surface area (Å²) in [5.41, 5.74) is 10.9. The molecule has 6 N–H and O–H groups in total. The van der Waals surface area contributed by atoms with Gasteiger partial charge in [-0.3, -0.25) is 0 Å². The lowest BCUT2D eigenvalue weighted by Gasteiger charge is -2.40. The van der Waals surface area contributed by atoms with E-state index in [2.05, 4.69) is 0 Å². The van der Waals surface area contributed by atoms with Crippen molar-refractivity contribution in [3.63, 3.8) is 0 Å². The molecule has 0 amide bonds. The van der Waals surface area contributed by atoms with Crippen molar-refractivity contribution in [2.24, 2.45) is 11.5 Å². The Morgan fingerprint density at radius 1 is 1.38 bits per heavy atom. The molecule has 0 radical (unpaired) electrons. The molecule has 1 fully saturated rings. The number of hydrogen-bond acceptors (Lipinski definition) is 6. The van der Waals surface area contributed by atoms with E-state index in [9.17, 15) is 10.2 Å². The average molecular weight is 192 g/mol. The predicted molar refractivity (Wildman–Crippen MR) is 44.7 cm³/mol. The van der Waals surface area contributed by atoms with Crippen LogP contribution in [0.2, 0.25) is 0 Å². The summed E-state index contributed by atoms with van der Waals surface area (Å²) in [6.45, 7) is 0.116. The summed E-state index contributed by atoms with van der Waals surface area (Å²) in [5, 5.41) is 18.9. The first-order valence-corrected chi connectivity index (χ1v) is 4.11. The molecule has 1 heterocycles. The third-order valence-electron chi connectivity index (χ3n) is 2.21. The summed E-state index contributed by atoms with van der Waals surface area (Å²) in [4.78, 5) is 0. The Morgan fingerprint density at radius 2 is 2.00 bits per heavy atom. The van der Waals surface area contributed by atoms with Crippen LogP contribution in [0.5, 0.6) is 0 Å². The number of rotatable bonds is 2. The van der Waals surface area contributed by atoms with Gasteiger partial charge in [-0.15, -0.1) is 0 Å². The number of hydrogen-bond donors (Lipinski definition) is 4. The van der Waals surface area contributed by atoms with Gasteiger partial charge in [0.05, 0.1) is 6.04 Å². The van der Waals surface area contributed by atoms with Gasteiger partial charge in [-0.05, 0) is 0 Å². The summed E-state index contributed by atoms with van der Waals surface area (Å²) in [5.74, 6) is 0. The smallest absolute Gasteiger partial charge is 0.175 e. The van der Waals surface area contributed by atoms with Gasteiger partial charge in [0, 0.05) is 13.7 Å². The van der Waals surface area contributed by atoms with Crippen molar-refractivity contribution in [1.29, 1.82) is 0 Å². The molecule has 0 saturated carbocycles. The molecule has 0 unspecified atom stereocenters. The van der Waals surface area contributed by atoms with Crippen molar-refractivity contribution >= 4 is 0 Å². The summed E-state index contributed by atoms with van der Waals surface area (Å²) in [7, 11) is 1.42. The molecular formula is C7H16N2O4. The maximum atomic E-state index is 9.46. The summed E-state index contributed by atoms with van der Waals surface area (Å²) < 4.78 is 10.1. The van der Waals surface area contributed by atoms with Crippen LogP contribution in [0.4, 0.5) is 0 Å². The molecule has 0 aromatic carbocycles. The fourth-order valence-corrected chi connectivity index (χ4v) is 1.36. The predicted octanol–water partition coefficient (Wildman–Crippen LogP) is -2.63. The van der Waals surface area contributed by atoms with E-state index in [0.717, 1.165) is 0 Å². The molecular weight excluding hydrogens is 176 g/mol. The second-order valence-corrected chi connectivity index (χ2v) is 3.07. The zero-order chi connectivity index (χ0) is 10.0. The van der Waals surface area contributed by atoms with Gasteiger partial charge in [-0.25, -0.2) is 0 Å². The van der Waals surface area contributed by atoms with Crippen LogP contribution >= 0.6 is 0 Å². The Balaban J connectivity index is 2.66. The van der Waals surface area contributed by atoms with Crippen molar-refractivity contribution in [3.05, 3.63) is 0 Å². The number of aliphatic hydroxyl groups excluding tert-OH is 2. The number of methoxy groups -OCH3 is 1. The maximum absolute atomic E-state index is 9.46. The first kappa shape index (κ1) is 10.8. The van der Waals surface area contributed by atoms with Crippen molar-refractivity contribution in [2.75, 3.05) is 13.7 Å². The molecule has 5 atom stereocenters. The quantitative estimate of drug-likeness (QED) is 0.381. The van der Waals surface area contributed by atoms with Gasteiger partial charge in [-0.1, -0.05) is 0 Å². The van der Waals surface area contributed by atoms with Gasteiger partial charge in [0.1, 0.15) is 18.3 Å². The van der Waals surface area contributed by atoms with E-state index in [-0.39, 0.29) is 6.54 Å². The summed E-state index contributed by atoms with van der Waals surface area (Å²) in [6.07, 6.45) is -3.45. The lowest BCUT2D eigenvalue weighted by molar-refractivity contribution is -0.248. The molecule has 0 aliphatic carbocycles. The van der Waals surface area contributed by atoms with Crippen LogP contribution in [0.1, 0.15) is 0 Å². The minimum Gasteiger partial charge on any atom is -0.388 e. The fourth-order valence-electron chi connectivity index (χ4n) is 1.36. The standard InChI is InChI=1S/C7H16N2O4/c1-12-7-4(9)6(11)5(10)3(2-8)13-7/h3-7,10-11H,2,8-9H2,1H3/t3-,4-,5+,6+,7-/m0/s1. The van der Waals surface area contributed by atoms with Crippen molar-refractivity contribution in [1.82, 2.24) is 0 Å². The minimum atomic E-state index is -1.06. The van der Waals surface area contributed by atoms with Crippen LogP contribution in [0.15, 0.2) is 0 Å². The Morgan fingerprint density at radius 3 is 2.46 bits per heavy atom. The highest BCUT2D eigenvalue weighted by molar-refractivity contribution is 4.91. The second-order valence-electron chi connectivity index (χ2n) is 3.07. The van der Waals surface area contributed by atoms with E-state index in [4.69, 9.17) is 20.9 Å². The molecule has 6 nitrogen and oxygen atoms in total. The molecule has 0 aromatic heterocycles. The first-order chi connectivity index (χ1) is 6.11. The molecule has 6 heteroatoms. The van der Waals surface area contributed by atoms with Crippen LogP contribution in [0.3, 0.4) is 0 Å². The molecule has 0 spiro atoms. The van der Waals surface area contributed by atoms with E-state index in [1.54, 1.807) is 0 Å². The number of aliphatic hydroxyl groups is 2. The molecule has 1 aliphatic heterocycles. The van der Waals surface area contributed by atoms with Crippen LogP contribution in [0, 0.1) is 0 Å². The molecule has 1 saturated heterocycles. The van der Waals surface area contributed by atoms with Crippen LogP contribution < -0.4 is 11.5 Å². The molecule has 13 heavy (non-hydrogen) atoms. The first-order valence-electron chi connectivity index (χ1n) is 4.11. The normalized spacial score (nSPS) is 46.4. The zero-order valence-corrected chi connectivity index (χ0v) is 7.46. The monoisotopic (exact) mass is 192 g/mol. The molecule has 78 valence electrons. The summed E-state index contributed by atoms with van der Waals surface area (Å²) >= 11 is 0. The van der Waals surface area contributed by atoms with Gasteiger partial charge in [0.2, 0.25) is 0 Å². The lowest BCUT2D eigenvalue weighted by atomic mass is 9.97. The molecule has 0 aromatic rings. The molecule has 1 rings (SSSR count). The van der Waals surface area contributed by atoms with Gasteiger partial charge in [0.15, 0.2) is 6.29 Å². The van der Waals surface area contributed by atoms with Crippen molar-refractivity contribution in [3.8, 4) is 0 Å². The maximum Gasteiger partial charge on any atom is 0.175 e. The molecule has 0 bridgehead atoms. The third-order valence-corrected chi connectivity index (χ3v) is 2.21. The Labute approximate surface area is 76.4 Å². The average Bonchev–Trinajstić information content (AvgIpc) is 2.15. The van der Waals surface area contributed by atoms with Crippen LogP contribution in [0.25, 0.3) is 0 Å². The Bertz CT molecular complexity index is 149. The molecule has 1 aliphatic rings. The van der Waals surface area contributed by atoms with E-state index in [0.29, 0.717) is 0 Å². The van der Waals surface area contributed by atoms with Crippen LogP contribution in [-0.4, -0.2) is 54.5 Å². The highest BCUT2D eigenvalue weighted by Crippen LogP contribution is 2.19. The Kier molecular flexibility index (Phi) is 3.60. The highest BCUT2D eigenvalue weighted by Gasteiger charge is 2.42.